The lowest BCUT2D eigenvalue weighted by atomic mass is 10.2. The molecule has 5 aromatic rings. The number of ether oxygens (including phenoxy) is 1. The Hall–Kier alpha value is -4.33. The summed E-state index contributed by atoms with van der Waals surface area (Å²) in [5.41, 5.74) is 5.23. The van der Waals surface area contributed by atoms with Crippen LogP contribution in [0.15, 0.2) is 67.0 Å². The summed E-state index contributed by atoms with van der Waals surface area (Å²) >= 11 is 0. The van der Waals surface area contributed by atoms with Gasteiger partial charge in [0.1, 0.15) is 5.75 Å². The Morgan fingerprint density at radius 3 is 2.53 bits per heavy atom. The third-order valence-electron chi connectivity index (χ3n) is 5.17. The van der Waals surface area contributed by atoms with E-state index < -0.39 is 0 Å². The first-order valence-electron chi connectivity index (χ1n) is 10.2. The van der Waals surface area contributed by atoms with Crippen molar-refractivity contribution in [2.24, 2.45) is 0 Å². The number of anilines is 2. The average Bonchev–Trinajstić information content (AvgIpc) is 3.21. The first-order chi connectivity index (χ1) is 15.6. The predicted octanol–water partition coefficient (Wildman–Crippen LogP) is 4.64. The largest absolute Gasteiger partial charge is 0.497 e. The summed E-state index contributed by atoms with van der Waals surface area (Å²) in [7, 11) is 1.64. The van der Waals surface area contributed by atoms with E-state index in [1.54, 1.807) is 13.3 Å². The van der Waals surface area contributed by atoms with Gasteiger partial charge in [-0.05, 0) is 50.2 Å². The van der Waals surface area contributed by atoms with Gasteiger partial charge >= 0.3 is 0 Å². The molecule has 0 unspecified atom stereocenters. The van der Waals surface area contributed by atoms with Crippen molar-refractivity contribution in [1.29, 1.82) is 0 Å². The van der Waals surface area contributed by atoms with Crippen molar-refractivity contribution in [3.05, 3.63) is 78.4 Å². The first kappa shape index (κ1) is 19.6. The highest BCUT2D eigenvalue weighted by Crippen LogP contribution is 2.25. The molecule has 0 saturated carbocycles. The molecule has 0 aliphatic heterocycles. The van der Waals surface area contributed by atoms with Gasteiger partial charge in [-0.1, -0.05) is 18.2 Å². The number of rotatable bonds is 5. The molecule has 0 bridgehead atoms. The van der Waals surface area contributed by atoms with Crippen LogP contribution in [0.2, 0.25) is 0 Å². The number of benzene rings is 2. The maximum atomic E-state index is 5.30. The first-order valence-corrected chi connectivity index (χ1v) is 10.2. The fraction of sp³-hybridized carbons (Fsp3) is 0.125. The number of aromatic nitrogens is 6. The maximum Gasteiger partial charge on any atom is 0.230 e. The van der Waals surface area contributed by atoms with Crippen molar-refractivity contribution >= 4 is 22.8 Å². The van der Waals surface area contributed by atoms with Crippen molar-refractivity contribution in [2.45, 2.75) is 13.8 Å². The number of fused-ring (bicyclic) bond motifs is 1. The van der Waals surface area contributed by atoms with Crippen LogP contribution < -0.4 is 10.1 Å². The SMILES string of the molecule is COc1ccc2nc(Nc3nccc(-c4cn(-c5ccccc5)nc4C)n3)nc(C)c2c1. The number of aryl methyl sites for hydroxylation is 2. The van der Waals surface area contributed by atoms with Crippen molar-refractivity contribution in [3.8, 4) is 22.7 Å². The van der Waals surface area contributed by atoms with Crippen LogP contribution in [-0.2, 0) is 0 Å². The van der Waals surface area contributed by atoms with Crippen molar-refractivity contribution in [3.63, 3.8) is 0 Å². The van der Waals surface area contributed by atoms with Crippen LogP contribution in [0.3, 0.4) is 0 Å². The van der Waals surface area contributed by atoms with E-state index in [9.17, 15) is 0 Å². The van der Waals surface area contributed by atoms with Gasteiger partial charge < -0.3 is 4.74 Å². The smallest absolute Gasteiger partial charge is 0.230 e. The Bertz CT molecular complexity index is 1410. The Kier molecular flexibility index (Phi) is 4.95. The normalized spacial score (nSPS) is 11.0. The van der Waals surface area contributed by atoms with Crippen LogP contribution in [0, 0.1) is 13.8 Å². The minimum absolute atomic E-state index is 0.418. The number of para-hydroxylation sites is 1. The minimum atomic E-state index is 0.418. The second kappa shape index (κ2) is 8.07. The lowest BCUT2D eigenvalue weighted by molar-refractivity contribution is 0.415. The van der Waals surface area contributed by atoms with Crippen molar-refractivity contribution < 1.29 is 4.74 Å². The van der Waals surface area contributed by atoms with Crippen LogP contribution in [0.1, 0.15) is 11.4 Å². The highest BCUT2D eigenvalue weighted by atomic mass is 16.5. The van der Waals surface area contributed by atoms with E-state index >= 15 is 0 Å². The van der Waals surface area contributed by atoms with Gasteiger partial charge in [0, 0.05) is 23.3 Å². The molecule has 0 aliphatic carbocycles. The summed E-state index contributed by atoms with van der Waals surface area (Å²) in [6, 6.07) is 17.6. The Balaban J connectivity index is 1.46. The second-order valence-electron chi connectivity index (χ2n) is 7.31. The zero-order valence-corrected chi connectivity index (χ0v) is 17.9. The van der Waals surface area contributed by atoms with E-state index in [1.165, 1.54) is 0 Å². The molecule has 8 heteroatoms. The molecule has 3 heterocycles. The zero-order chi connectivity index (χ0) is 22.1. The van der Waals surface area contributed by atoms with Crippen LogP contribution in [-0.4, -0.2) is 36.8 Å². The molecule has 5 rings (SSSR count). The molecule has 32 heavy (non-hydrogen) atoms. The number of hydrogen-bond donors (Lipinski definition) is 1. The molecular weight excluding hydrogens is 402 g/mol. The van der Waals surface area contributed by atoms with Gasteiger partial charge in [-0.2, -0.15) is 5.10 Å². The summed E-state index contributed by atoms with van der Waals surface area (Å²) < 4.78 is 7.15. The summed E-state index contributed by atoms with van der Waals surface area (Å²) in [5, 5.41) is 8.70. The Labute approximate surface area is 185 Å². The number of nitrogens with zero attached hydrogens (tertiary/aromatic N) is 6. The van der Waals surface area contributed by atoms with Gasteiger partial charge in [0.25, 0.3) is 0 Å². The van der Waals surface area contributed by atoms with Crippen LogP contribution >= 0.6 is 0 Å². The topological polar surface area (TPSA) is 90.6 Å². The highest BCUT2D eigenvalue weighted by Gasteiger charge is 2.12. The second-order valence-corrected chi connectivity index (χ2v) is 7.31. The van der Waals surface area contributed by atoms with Gasteiger partial charge in [0.2, 0.25) is 11.9 Å². The van der Waals surface area contributed by atoms with Gasteiger partial charge in [-0.3, -0.25) is 5.32 Å². The fourth-order valence-corrected chi connectivity index (χ4v) is 3.54. The summed E-state index contributed by atoms with van der Waals surface area (Å²) in [5.74, 6) is 1.63. The third kappa shape index (κ3) is 3.74. The molecule has 0 aliphatic rings. The molecular formula is C24H21N7O. The van der Waals surface area contributed by atoms with E-state index in [1.807, 2.05) is 79.3 Å². The fourth-order valence-electron chi connectivity index (χ4n) is 3.54. The molecule has 0 radical (unpaired) electrons. The molecule has 0 atom stereocenters. The molecule has 0 spiro atoms. The van der Waals surface area contributed by atoms with Crippen LogP contribution in [0.5, 0.6) is 5.75 Å². The monoisotopic (exact) mass is 423 g/mol. The van der Waals surface area contributed by atoms with E-state index in [4.69, 9.17) is 4.74 Å². The quantitative estimate of drug-likeness (QED) is 0.440. The highest BCUT2D eigenvalue weighted by molar-refractivity contribution is 5.83. The van der Waals surface area contributed by atoms with Gasteiger partial charge in [0.05, 0.1) is 35.4 Å². The van der Waals surface area contributed by atoms with Crippen LogP contribution in [0.25, 0.3) is 27.8 Å². The van der Waals surface area contributed by atoms with Gasteiger partial charge in [-0.15, -0.1) is 0 Å². The zero-order valence-electron chi connectivity index (χ0n) is 17.9. The Morgan fingerprint density at radius 1 is 0.875 bits per heavy atom. The van der Waals surface area contributed by atoms with E-state index in [0.29, 0.717) is 11.9 Å². The van der Waals surface area contributed by atoms with Crippen molar-refractivity contribution in [1.82, 2.24) is 29.7 Å². The maximum absolute atomic E-state index is 5.30. The summed E-state index contributed by atoms with van der Waals surface area (Å²) in [6.45, 7) is 3.90. The molecule has 8 nitrogen and oxygen atoms in total. The van der Waals surface area contributed by atoms with Gasteiger partial charge in [0.15, 0.2) is 0 Å². The molecule has 158 valence electrons. The summed E-state index contributed by atoms with van der Waals surface area (Å²) in [4.78, 5) is 18.2. The van der Waals surface area contributed by atoms with E-state index in [-0.39, 0.29) is 0 Å². The van der Waals surface area contributed by atoms with Crippen molar-refractivity contribution in [2.75, 3.05) is 12.4 Å². The molecule has 0 fully saturated rings. The molecule has 1 N–H and O–H groups in total. The standard InChI is InChI=1S/C24H21N7O/c1-15-19-13-18(32-3)9-10-21(19)28-24(26-15)29-23-25-12-11-22(27-23)20-14-31(30-16(20)2)17-7-5-4-6-8-17/h4-14H,1-3H3,(H,25,26,27,28,29). The molecule has 0 amide bonds. The summed E-state index contributed by atoms with van der Waals surface area (Å²) in [6.07, 6.45) is 3.68. The molecule has 2 aromatic carbocycles. The molecule has 0 saturated heterocycles. The minimum Gasteiger partial charge on any atom is -0.497 e. The number of methoxy groups -OCH3 is 1. The third-order valence-corrected chi connectivity index (χ3v) is 5.17. The van der Waals surface area contributed by atoms with Gasteiger partial charge in [-0.25, -0.2) is 24.6 Å². The Morgan fingerprint density at radius 2 is 1.72 bits per heavy atom. The number of nitrogens with one attached hydrogen (secondary N) is 1. The van der Waals surface area contributed by atoms with E-state index in [2.05, 4.69) is 30.4 Å². The lowest BCUT2D eigenvalue weighted by Crippen LogP contribution is -2.03. The predicted molar refractivity (Wildman–Crippen MR) is 123 cm³/mol. The van der Waals surface area contributed by atoms with E-state index in [0.717, 1.165) is 45.0 Å². The molecule has 3 aromatic heterocycles. The lowest BCUT2D eigenvalue weighted by Gasteiger charge is -2.09. The van der Waals surface area contributed by atoms with Crippen LogP contribution in [0.4, 0.5) is 11.9 Å². The average molecular weight is 423 g/mol. The number of hydrogen-bond acceptors (Lipinski definition) is 7.